The molecular formula is C12H10ClN3O2. The number of hydrogen-bond acceptors (Lipinski definition) is 3. The lowest BCUT2D eigenvalue weighted by molar-refractivity contribution is -0.126. The molecule has 1 heterocycles. The average molecular weight is 264 g/mol. The van der Waals surface area contributed by atoms with Crippen LogP contribution in [0.2, 0.25) is 5.02 Å². The van der Waals surface area contributed by atoms with E-state index >= 15 is 0 Å². The van der Waals surface area contributed by atoms with Gasteiger partial charge in [0.25, 0.3) is 5.91 Å². The van der Waals surface area contributed by atoms with Crippen LogP contribution in [0.4, 0.5) is 10.5 Å². The van der Waals surface area contributed by atoms with Crippen molar-refractivity contribution in [3.63, 3.8) is 0 Å². The second-order valence-corrected chi connectivity index (χ2v) is 4.32. The molecule has 1 aromatic rings. The van der Waals surface area contributed by atoms with Crippen LogP contribution in [0.25, 0.3) is 0 Å². The summed E-state index contributed by atoms with van der Waals surface area (Å²) in [5, 5.41) is 9.16. The van der Waals surface area contributed by atoms with E-state index in [1.807, 2.05) is 6.07 Å². The zero-order valence-corrected chi connectivity index (χ0v) is 10.4. The minimum absolute atomic E-state index is 0.230. The lowest BCUT2D eigenvalue weighted by Crippen LogP contribution is -2.34. The first kappa shape index (κ1) is 12.4. The van der Waals surface area contributed by atoms with E-state index in [9.17, 15) is 9.59 Å². The number of nitrogens with zero attached hydrogens (tertiary/aromatic N) is 3. The van der Waals surface area contributed by atoms with Gasteiger partial charge in [0.2, 0.25) is 0 Å². The molecule has 0 unspecified atom stereocenters. The highest BCUT2D eigenvalue weighted by Gasteiger charge is 2.43. The van der Waals surface area contributed by atoms with Crippen molar-refractivity contribution in [2.75, 3.05) is 11.4 Å². The van der Waals surface area contributed by atoms with E-state index in [-0.39, 0.29) is 12.5 Å². The van der Waals surface area contributed by atoms with Crippen LogP contribution in [0, 0.1) is 11.3 Å². The summed E-state index contributed by atoms with van der Waals surface area (Å²) in [5.41, 5.74) is 0.589. The number of amides is 3. The van der Waals surface area contributed by atoms with Gasteiger partial charge in [-0.15, -0.1) is 0 Å². The second kappa shape index (κ2) is 4.67. The number of imide groups is 1. The van der Waals surface area contributed by atoms with Crippen LogP contribution < -0.4 is 4.90 Å². The third-order valence-electron chi connectivity index (χ3n) is 2.78. The van der Waals surface area contributed by atoms with Crippen molar-refractivity contribution in [2.24, 2.45) is 0 Å². The van der Waals surface area contributed by atoms with E-state index in [4.69, 9.17) is 16.9 Å². The zero-order chi connectivity index (χ0) is 13.3. The predicted molar refractivity (Wildman–Crippen MR) is 66.1 cm³/mol. The van der Waals surface area contributed by atoms with Crippen LogP contribution in [0.15, 0.2) is 24.3 Å². The van der Waals surface area contributed by atoms with Crippen LogP contribution >= 0.6 is 11.6 Å². The van der Waals surface area contributed by atoms with Gasteiger partial charge in [-0.2, -0.15) is 5.26 Å². The molecule has 0 bridgehead atoms. The largest absolute Gasteiger partial charge is 0.332 e. The SMILES string of the molecule is C[C@H]1C(=O)N(CC#N)C(=O)N1c1ccc(Cl)cc1. The molecule has 1 aromatic carbocycles. The first-order chi connectivity index (χ1) is 8.56. The van der Waals surface area contributed by atoms with Gasteiger partial charge in [0.15, 0.2) is 0 Å². The molecule has 5 nitrogen and oxygen atoms in total. The smallest absolute Gasteiger partial charge is 0.282 e. The van der Waals surface area contributed by atoms with Crippen LogP contribution in [-0.2, 0) is 4.79 Å². The van der Waals surface area contributed by atoms with Crippen molar-refractivity contribution in [2.45, 2.75) is 13.0 Å². The van der Waals surface area contributed by atoms with E-state index < -0.39 is 12.1 Å². The Morgan fingerprint density at radius 2 is 1.94 bits per heavy atom. The molecule has 0 saturated carbocycles. The van der Waals surface area contributed by atoms with Gasteiger partial charge in [-0.3, -0.25) is 9.69 Å². The molecule has 2 rings (SSSR count). The lowest BCUT2D eigenvalue weighted by atomic mass is 10.2. The van der Waals surface area contributed by atoms with Crippen molar-refractivity contribution in [1.82, 2.24) is 4.90 Å². The van der Waals surface area contributed by atoms with Crippen molar-refractivity contribution in [3.8, 4) is 6.07 Å². The van der Waals surface area contributed by atoms with E-state index in [2.05, 4.69) is 0 Å². The van der Waals surface area contributed by atoms with Crippen molar-refractivity contribution in [1.29, 1.82) is 5.26 Å². The molecule has 0 aliphatic carbocycles. The number of carbonyl (C=O) groups is 2. The molecule has 1 aliphatic rings. The number of anilines is 1. The fraction of sp³-hybridized carbons (Fsp3) is 0.250. The summed E-state index contributed by atoms with van der Waals surface area (Å²) in [5.74, 6) is -0.364. The molecule has 1 aliphatic heterocycles. The maximum Gasteiger partial charge on any atom is 0.332 e. The first-order valence-electron chi connectivity index (χ1n) is 5.33. The standard InChI is InChI=1S/C12H10ClN3O2/c1-8-11(17)15(7-6-14)12(18)16(8)10-4-2-9(13)3-5-10/h2-5,8H,7H2,1H3/t8-/m0/s1. The van der Waals surface area contributed by atoms with E-state index in [0.717, 1.165) is 4.90 Å². The molecule has 92 valence electrons. The highest BCUT2D eigenvalue weighted by Crippen LogP contribution is 2.26. The molecule has 1 saturated heterocycles. The predicted octanol–water partition coefficient (Wildman–Crippen LogP) is 2.02. The number of hydrogen-bond donors (Lipinski definition) is 0. The highest BCUT2D eigenvalue weighted by molar-refractivity contribution is 6.30. The monoisotopic (exact) mass is 263 g/mol. The Balaban J connectivity index is 2.34. The van der Waals surface area contributed by atoms with Gasteiger partial charge in [-0.1, -0.05) is 11.6 Å². The summed E-state index contributed by atoms with van der Waals surface area (Å²) in [6.45, 7) is 1.40. The number of halogens is 1. The van der Waals surface area contributed by atoms with Crippen LogP contribution in [0.5, 0.6) is 0 Å². The number of benzene rings is 1. The van der Waals surface area contributed by atoms with E-state index in [0.29, 0.717) is 10.7 Å². The Kier molecular flexibility index (Phi) is 3.21. The maximum atomic E-state index is 12.0. The minimum atomic E-state index is -0.605. The summed E-state index contributed by atoms with van der Waals surface area (Å²) < 4.78 is 0. The molecule has 1 atom stereocenters. The summed E-state index contributed by atoms with van der Waals surface area (Å²) in [4.78, 5) is 26.2. The Bertz CT molecular complexity index is 535. The number of urea groups is 1. The topological polar surface area (TPSA) is 64.4 Å². The quantitative estimate of drug-likeness (QED) is 0.606. The zero-order valence-electron chi connectivity index (χ0n) is 9.63. The molecule has 0 aromatic heterocycles. The molecule has 1 fully saturated rings. The summed E-state index contributed by atoms with van der Waals surface area (Å²) in [7, 11) is 0. The molecule has 6 heteroatoms. The average Bonchev–Trinajstić information content (AvgIpc) is 2.56. The molecule has 3 amide bonds. The highest BCUT2D eigenvalue weighted by atomic mass is 35.5. The van der Waals surface area contributed by atoms with Gasteiger partial charge < -0.3 is 0 Å². The van der Waals surface area contributed by atoms with Crippen LogP contribution in [0.1, 0.15) is 6.92 Å². The molecule has 0 radical (unpaired) electrons. The van der Waals surface area contributed by atoms with E-state index in [1.54, 1.807) is 31.2 Å². The van der Waals surface area contributed by atoms with Crippen molar-refractivity contribution in [3.05, 3.63) is 29.3 Å². The number of rotatable bonds is 2. The summed E-state index contributed by atoms with van der Waals surface area (Å²) >= 11 is 5.77. The van der Waals surface area contributed by atoms with Gasteiger partial charge in [-0.25, -0.2) is 9.69 Å². The third-order valence-corrected chi connectivity index (χ3v) is 3.03. The number of carbonyl (C=O) groups excluding carboxylic acids is 2. The Morgan fingerprint density at radius 3 is 2.50 bits per heavy atom. The molecule has 18 heavy (non-hydrogen) atoms. The molecule has 0 spiro atoms. The Morgan fingerprint density at radius 1 is 1.33 bits per heavy atom. The second-order valence-electron chi connectivity index (χ2n) is 3.89. The Labute approximate surface area is 109 Å². The van der Waals surface area contributed by atoms with Gasteiger partial charge in [0.1, 0.15) is 12.6 Å². The number of nitriles is 1. The minimum Gasteiger partial charge on any atom is -0.282 e. The first-order valence-corrected chi connectivity index (χ1v) is 5.71. The van der Waals surface area contributed by atoms with E-state index in [1.165, 1.54) is 4.90 Å². The summed E-state index contributed by atoms with van der Waals surface area (Å²) in [6, 6.07) is 7.36. The normalized spacial score (nSPS) is 19.3. The maximum absolute atomic E-state index is 12.0. The van der Waals surface area contributed by atoms with Crippen molar-refractivity contribution >= 4 is 29.2 Å². The van der Waals surface area contributed by atoms with Gasteiger partial charge in [0.05, 0.1) is 6.07 Å². The van der Waals surface area contributed by atoms with Gasteiger partial charge in [0, 0.05) is 10.7 Å². The van der Waals surface area contributed by atoms with Gasteiger partial charge >= 0.3 is 6.03 Å². The molecular weight excluding hydrogens is 254 g/mol. The van der Waals surface area contributed by atoms with Crippen LogP contribution in [-0.4, -0.2) is 29.4 Å². The summed E-state index contributed by atoms with van der Waals surface area (Å²) in [6.07, 6.45) is 0. The van der Waals surface area contributed by atoms with Crippen molar-refractivity contribution < 1.29 is 9.59 Å². The Hall–Kier alpha value is -2.06. The third kappa shape index (κ3) is 1.91. The molecule has 0 N–H and O–H groups in total. The van der Waals surface area contributed by atoms with Gasteiger partial charge in [-0.05, 0) is 31.2 Å². The fourth-order valence-corrected chi connectivity index (χ4v) is 2.00. The van der Waals surface area contributed by atoms with Crippen LogP contribution in [0.3, 0.4) is 0 Å². The fourth-order valence-electron chi connectivity index (χ4n) is 1.88. The lowest BCUT2D eigenvalue weighted by Gasteiger charge is -2.18.